The van der Waals surface area contributed by atoms with Crippen LogP contribution >= 0.6 is 0 Å². The highest BCUT2D eigenvalue weighted by molar-refractivity contribution is 5.92. The second kappa shape index (κ2) is 8.67. The number of aromatic nitrogens is 3. The van der Waals surface area contributed by atoms with Crippen LogP contribution in [0, 0.1) is 6.92 Å². The summed E-state index contributed by atoms with van der Waals surface area (Å²) in [5.41, 5.74) is 6.17. The Kier molecular flexibility index (Phi) is 6.52. The van der Waals surface area contributed by atoms with Gasteiger partial charge in [0.15, 0.2) is 5.83 Å². The Hall–Kier alpha value is -3.50. The molecule has 29 heavy (non-hydrogen) atoms. The number of anilines is 3. The van der Waals surface area contributed by atoms with Crippen LogP contribution in [0.15, 0.2) is 29.1 Å². The van der Waals surface area contributed by atoms with Crippen LogP contribution in [0.3, 0.4) is 0 Å². The summed E-state index contributed by atoms with van der Waals surface area (Å²) in [6, 6.07) is 2.81. The van der Waals surface area contributed by atoms with Crippen molar-refractivity contribution in [1.29, 1.82) is 0 Å². The molecule has 0 fully saturated rings. The smallest absolute Gasteiger partial charge is 0.303 e. The van der Waals surface area contributed by atoms with Crippen molar-refractivity contribution in [2.45, 2.75) is 26.7 Å². The van der Waals surface area contributed by atoms with Gasteiger partial charge in [0.1, 0.15) is 11.6 Å². The number of pyridine rings is 1. The molecule has 0 saturated heterocycles. The first-order valence-corrected chi connectivity index (χ1v) is 8.37. The van der Waals surface area contributed by atoms with Gasteiger partial charge < -0.3 is 16.4 Å². The summed E-state index contributed by atoms with van der Waals surface area (Å²) in [4.78, 5) is 26.4. The van der Waals surface area contributed by atoms with Gasteiger partial charge in [-0.1, -0.05) is 0 Å². The Labute approximate surface area is 165 Å². The van der Waals surface area contributed by atoms with E-state index in [0.717, 1.165) is 6.21 Å². The lowest BCUT2D eigenvalue weighted by atomic mass is 10.1. The number of hydrogen-bond acceptors (Lipinski definition) is 7. The van der Waals surface area contributed by atoms with Crippen molar-refractivity contribution in [2.75, 3.05) is 17.7 Å². The fraction of sp³-hybridized carbons (Fsp3) is 0.278. The number of carbonyl (C=O) groups is 1. The third-order valence-electron chi connectivity index (χ3n) is 3.51. The Morgan fingerprint density at radius 3 is 2.55 bits per heavy atom. The molecule has 4 N–H and O–H groups in total. The number of halogens is 3. The van der Waals surface area contributed by atoms with Crippen LogP contribution in [0.4, 0.5) is 30.5 Å². The van der Waals surface area contributed by atoms with Gasteiger partial charge >= 0.3 is 5.92 Å². The molecule has 0 aliphatic rings. The van der Waals surface area contributed by atoms with E-state index in [2.05, 4.69) is 30.6 Å². The maximum absolute atomic E-state index is 14.2. The number of alkyl halides is 2. The van der Waals surface area contributed by atoms with Gasteiger partial charge in [0.05, 0.1) is 17.6 Å². The van der Waals surface area contributed by atoms with Gasteiger partial charge in [-0.2, -0.15) is 8.78 Å². The maximum Gasteiger partial charge on any atom is 0.303 e. The molecule has 0 aliphatic carbocycles. The molecular weight excluding hydrogens is 387 g/mol. The van der Waals surface area contributed by atoms with Gasteiger partial charge in [0.2, 0.25) is 11.7 Å². The molecule has 0 aromatic carbocycles. The van der Waals surface area contributed by atoms with Crippen molar-refractivity contribution in [3.8, 4) is 0 Å². The van der Waals surface area contributed by atoms with E-state index in [1.54, 1.807) is 0 Å². The number of aryl methyl sites for hydroxylation is 1. The molecule has 0 unspecified atom stereocenters. The van der Waals surface area contributed by atoms with Crippen LogP contribution in [-0.2, 0) is 10.7 Å². The number of carbonyl (C=O) groups excluding carboxylic acids is 1. The Balaban J connectivity index is 2.58. The van der Waals surface area contributed by atoms with Crippen LogP contribution in [0.5, 0.6) is 0 Å². The molecule has 0 spiro atoms. The molecular formula is C18H20F3N7O. The number of allylic oxidation sites excluding steroid dienone is 1. The molecule has 2 rings (SSSR count). The van der Waals surface area contributed by atoms with E-state index < -0.39 is 17.6 Å². The van der Waals surface area contributed by atoms with E-state index in [0.29, 0.717) is 12.6 Å². The summed E-state index contributed by atoms with van der Waals surface area (Å²) in [5, 5.41) is 5.30. The van der Waals surface area contributed by atoms with E-state index >= 15 is 0 Å². The summed E-state index contributed by atoms with van der Waals surface area (Å²) >= 11 is 0. The first kappa shape index (κ1) is 21.8. The largest absolute Gasteiger partial charge is 0.396 e. The minimum Gasteiger partial charge on any atom is -0.396 e. The number of rotatable bonds is 6. The maximum atomic E-state index is 14.2. The Morgan fingerprint density at radius 2 is 1.97 bits per heavy atom. The number of amides is 1. The highest BCUT2D eigenvalue weighted by Crippen LogP contribution is 2.29. The van der Waals surface area contributed by atoms with Crippen LogP contribution in [0.2, 0.25) is 0 Å². The molecule has 154 valence electrons. The van der Waals surface area contributed by atoms with Crippen molar-refractivity contribution < 1.29 is 18.0 Å². The van der Waals surface area contributed by atoms with Gasteiger partial charge in [-0.25, -0.2) is 19.3 Å². The molecule has 0 saturated carbocycles. The van der Waals surface area contributed by atoms with Gasteiger partial charge in [-0.05, 0) is 6.92 Å². The lowest BCUT2D eigenvalue weighted by Crippen LogP contribution is -2.15. The standard InChI is InChI=1S/C18H20F3N7O/c1-9-5-15(28-17(25-9)18(3,20)21)27-13-6-14(26-10(2)29)24-7-11(13)16(22)12(19)8-23-4/h5-8H,22H2,1-4H3,(H2,24,25,26,27,28,29)/b16-12+,23-8?. The number of hydrogen-bond donors (Lipinski definition) is 3. The zero-order valence-corrected chi connectivity index (χ0v) is 16.2. The molecule has 0 atom stereocenters. The number of nitrogens with two attached hydrogens (primary N) is 1. The minimum atomic E-state index is -3.26. The molecule has 11 heteroatoms. The molecule has 2 aromatic heterocycles. The molecule has 2 aromatic rings. The highest BCUT2D eigenvalue weighted by atomic mass is 19.3. The lowest BCUT2D eigenvalue weighted by Gasteiger charge is -2.16. The summed E-state index contributed by atoms with van der Waals surface area (Å²) in [5.74, 6) is -4.95. The predicted octanol–water partition coefficient (Wildman–Crippen LogP) is 3.29. The summed E-state index contributed by atoms with van der Waals surface area (Å²) in [7, 11) is 1.38. The van der Waals surface area contributed by atoms with E-state index in [1.165, 1.54) is 39.2 Å². The highest BCUT2D eigenvalue weighted by Gasteiger charge is 2.29. The van der Waals surface area contributed by atoms with E-state index in [1.807, 2.05) is 0 Å². The molecule has 1 amide bonds. The normalized spacial score (nSPS) is 12.7. The zero-order chi connectivity index (χ0) is 21.8. The van der Waals surface area contributed by atoms with E-state index in [9.17, 15) is 18.0 Å². The topological polar surface area (TPSA) is 118 Å². The third-order valence-corrected chi connectivity index (χ3v) is 3.51. The quantitative estimate of drug-likeness (QED) is 0.633. The van der Waals surface area contributed by atoms with Crippen molar-refractivity contribution in [1.82, 2.24) is 15.0 Å². The molecule has 0 radical (unpaired) electrons. The first-order valence-electron chi connectivity index (χ1n) is 8.37. The van der Waals surface area contributed by atoms with Crippen LogP contribution in [0.1, 0.15) is 30.9 Å². The van der Waals surface area contributed by atoms with Gasteiger partial charge in [-0.15, -0.1) is 0 Å². The van der Waals surface area contributed by atoms with Crippen LogP contribution in [0.25, 0.3) is 5.70 Å². The summed E-state index contributed by atoms with van der Waals surface area (Å²) < 4.78 is 41.5. The lowest BCUT2D eigenvalue weighted by molar-refractivity contribution is -0.114. The van der Waals surface area contributed by atoms with Crippen LogP contribution in [-0.4, -0.2) is 34.1 Å². The van der Waals surface area contributed by atoms with Gasteiger partial charge in [-0.3, -0.25) is 9.79 Å². The van der Waals surface area contributed by atoms with Gasteiger partial charge in [0, 0.05) is 50.5 Å². The second-order valence-electron chi connectivity index (χ2n) is 6.18. The molecule has 2 heterocycles. The zero-order valence-electron chi connectivity index (χ0n) is 16.2. The van der Waals surface area contributed by atoms with Crippen molar-refractivity contribution in [2.24, 2.45) is 10.7 Å². The van der Waals surface area contributed by atoms with Crippen molar-refractivity contribution in [3.05, 3.63) is 41.2 Å². The number of nitrogens with zero attached hydrogens (tertiary/aromatic N) is 4. The SMILES string of the molecule is CN=C/C(F)=C(\N)c1cnc(NC(C)=O)cc1Nc1cc(C)nc(C(C)(F)F)n1. The molecule has 0 aliphatic heterocycles. The minimum absolute atomic E-state index is 0.0348. The van der Waals surface area contributed by atoms with Crippen molar-refractivity contribution >= 4 is 35.1 Å². The summed E-state index contributed by atoms with van der Waals surface area (Å²) in [6.07, 6.45) is 2.15. The Bertz CT molecular complexity index is 984. The predicted molar refractivity (Wildman–Crippen MR) is 105 cm³/mol. The summed E-state index contributed by atoms with van der Waals surface area (Å²) in [6.45, 7) is 3.50. The fourth-order valence-electron chi connectivity index (χ4n) is 2.30. The molecule has 8 nitrogen and oxygen atoms in total. The third kappa shape index (κ3) is 5.74. The average Bonchev–Trinajstić information content (AvgIpc) is 2.60. The second-order valence-corrected chi connectivity index (χ2v) is 6.18. The number of aliphatic imine (C=N–C) groups is 1. The first-order chi connectivity index (χ1) is 13.5. The van der Waals surface area contributed by atoms with Crippen molar-refractivity contribution in [3.63, 3.8) is 0 Å². The van der Waals surface area contributed by atoms with Crippen LogP contribution < -0.4 is 16.4 Å². The van der Waals surface area contributed by atoms with E-state index in [-0.39, 0.29) is 34.5 Å². The van der Waals surface area contributed by atoms with E-state index in [4.69, 9.17) is 5.73 Å². The Morgan fingerprint density at radius 1 is 1.28 bits per heavy atom. The number of nitrogens with one attached hydrogen (secondary N) is 2. The monoisotopic (exact) mass is 407 g/mol. The fourth-order valence-corrected chi connectivity index (χ4v) is 2.30. The average molecular weight is 407 g/mol. The van der Waals surface area contributed by atoms with Gasteiger partial charge in [0.25, 0.3) is 0 Å². The molecule has 0 bridgehead atoms.